The molecule has 2 N–H and O–H groups in total. The van der Waals surface area contributed by atoms with E-state index in [0.717, 1.165) is 27.7 Å². The summed E-state index contributed by atoms with van der Waals surface area (Å²) in [6.45, 7) is 4.17. The maximum atomic E-state index is 13.1. The smallest absolute Gasteiger partial charge is 0.252 e. The van der Waals surface area contributed by atoms with E-state index in [1.54, 1.807) is 23.1 Å². The first-order valence-electron chi connectivity index (χ1n) is 9.23. The van der Waals surface area contributed by atoms with Crippen LogP contribution in [0, 0.1) is 0 Å². The summed E-state index contributed by atoms with van der Waals surface area (Å²) in [6, 6.07) is 14.7. The second-order valence-corrected chi connectivity index (χ2v) is 7.57. The van der Waals surface area contributed by atoms with Gasteiger partial charge in [0.15, 0.2) is 5.11 Å². The van der Waals surface area contributed by atoms with Crippen LogP contribution in [0.5, 0.6) is 5.75 Å². The van der Waals surface area contributed by atoms with E-state index in [9.17, 15) is 9.90 Å². The number of hydrogen-bond donors (Lipinski definition) is 2. The molecule has 2 aromatic carbocycles. The number of hydrogen-bond acceptors (Lipinski definition) is 3. The Bertz CT molecular complexity index is 1120. The van der Waals surface area contributed by atoms with E-state index in [4.69, 9.17) is 12.2 Å². The molecule has 2 aliphatic heterocycles. The number of fused-ring (bicyclic) bond motifs is 4. The van der Waals surface area contributed by atoms with Crippen molar-refractivity contribution in [1.29, 1.82) is 0 Å². The number of aromatic hydroxyl groups is 1. The summed E-state index contributed by atoms with van der Waals surface area (Å²) in [4.78, 5) is 20.4. The van der Waals surface area contributed by atoms with Gasteiger partial charge in [0.05, 0.1) is 6.04 Å². The third-order valence-corrected chi connectivity index (χ3v) is 6.09. The Hall–Kier alpha value is -3.12. The first-order valence-corrected chi connectivity index (χ1v) is 9.64. The van der Waals surface area contributed by atoms with Crippen molar-refractivity contribution in [3.05, 3.63) is 78.0 Å². The highest BCUT2D eigenvalue weighted by Gasteiger charge is 2.50. The van der Waals surface area contributed by atoms with Gasteiger partial charge < -0.3 is 15.0 Å². The largest absolute Gasteiger partial charge is 0.508 e. The second kappa shape index (κ2) is 6.21. The normalized spacial score (nSPS) is 21.1. The van der Waals surface area contributed by atoms with Crippen molar-refractivity contribution in [2.75, 3.05) is 6.54 Å². The van der Waals surface area contributed by atoms with Gasteiger partial charge in [-0.25, -0.2) is 0 Å². The number of carbonyl (C=O) groups excluding carboxylic acids is 1. The fraction of sp³-hybridized carbons (Fsp3) is 0.182. The summed E-state index contributed by atoms with van der Waals surface area (Å²) < 4.78 is 0. The maximum absolute atomic E-state index is 13.1. The van der Waals surface area contributed by atoms with Crippen molar-refractivity contribution in [2.45, 2.75) is 18.5 Å². The number of rotatable bonds is 3. The van der Waals surface area contributed by atoms with Gasteiger partial charge in [-0.1, -0.05) is 36.4 Å². The van der Waals surface area contributed by atoms with Gasteiger partial charge >= 0.3 is 0 Å². The van der Waals surface area contributed by atoms with Gasteiger partial charge in [0.1, 0.15) is 11.8 Å². The lowest BCUT2D eigenvalue weighted by molar-refractivity contribution is -0.128. The Morgan fingerprint density at radius 2 is 1.96 bits per heavy atom. The van der Waals surface area contributed by atoms with E-state index in [0.29, 0.717) is 18.1 Å². The van der Waals surface area contributed by atoms with E-state index in [1.807, 2.05) is 29.2 Å². The molecule has 6 heteroatoms. The summed E-state index contributed by atoms with van der Waals surface area (Å²) in [5.41, 5.74) is 4.25. The monoisotopic (exact) mass is 389 g/mol. The number of para-hydroxylation sites is 1. The first-order chi connectivity index (χ1) is 13.6. The van der Waals surface area contributed by atoms with E-state index in [-0.39, 0.29) is 23.7 Å². The number of amides is 1. The first kappa shape index (κ1) is 17.0. The lowest BCUT2D eigenvalue weighted by atomic mass is 9.89. The van der Waals surface area contributed by atoms with Gasteiger partial charge in [-0.15, -0.1) is 6.58 Å². The van der Waals surface area contributed by atoms with Gasteiger partial charge in [0.25, 0.3) is 5.91 Å². The van der Waals surface area contributed by atoms with Crippen LogP contribution < -0.4 is 0 Å². The number of nitrogens with one attached hydrogen (secondary N) is 1. The van der Waals surface area contributed by atoms with Gasteiger partial charge in [-0.05, 0) is 41.5 Å². The number of benzene rings is 2. The second-order valence-electron chi connectivity index (χ2n) is 7.20. The average molecular weight is 389 g/mol. The molecule has 0 aliphatic carbocycles. The summed E-state index contributed by atoms with van der Waals surface area (Å²) >= 11 is 5.71. The molecule has 3 heterocycles. The molecule has 1 fully saturated rings. The van der Waals surface area contributed by atoms with E-state index >= 15 is 0 Å². The van der Waals surface area contributed by atoms with Crippen LogP contribution in [0.1, 0.15) is 22.9 Å². The number of aromatic nitrogens is 1. The third-order valence-electron chi connectivity index (χ3n) is 5.65. The Balaban J connectivity index is 1.73. The predicted octanol–water partition coefficient (Wildman–Crippen LogP) is 3.50. The number of nitrogens with zero attached hydrogens (tertiary/aromatic N) is 2. The SMILES string of the molecule is C=CCN1C(=O)[C@H]2Cc3c([nH]c4ccccc34)[C@H](c3ccc(O)cc3)N2C1=S. The number of H-pyrrole nitrogens is 1. The fourth-order valence-corrected chi connectivity index (χ4v) is 4.83. The van der Waals surface area contributed by atoms with Crippen LogP contribution in [-0.2, 0) is 11.2 Å². The van der Waals surface area contributed by atoms with Crippen LogP contribution in [0.4, 0.5) is 0 Å². The third kappa shape index (κ3) is 2.31. The number of aromatic amines is 1. The van der Waals surface area contributed by atoms with Crippen molar-refractivity contribution in [3.8, 4) is 5.75 Å². The topological polar surface area (TPSA) is 59.6 Å². The van der Waals surface area contributed by atoms with Gasteiger partial charge in [0, 0.05) is 29.6 Å². The Morgan fingerprint density at radius 1 is 1.21 bits per heavy atom. The molecule has 140 valence electrons. The fourth-order valence-electron chi connectivity index (χ4n) is 4.43. The van der Waals surface area contributed by atoms with Gasteiger partial charge in [-0.3, -0.25) is 9.69 Å². The summed E-state index contributed by atoms with van der Waals surface area (Å²) in [5, 5.41) is 11.4. The molecular formula is C22H19N3O2S. The van der Waals surface area contributed by atoms with Gasteiger partial charge in [0.2, 0.25) is 0 Å². The number of phenols is 1. The van der Waals surface area contributed by atoms with Crippen LogP contribution in [0.15, 0.2) is 61.2 Å². The van der Waals surface area contributed by atoms with E-state index in [1.165, 1.54) is 0 Å². The van der Waals surface area contributed by atoms with E-state index in [2.05, 4.69) is 23.7 Å². The lowest BCUT2D eigenvalue weighted by Crippen LogP contribution is -2.44. The lowest BCUT2D eigenvalue weighted by Gasteiger charge is -2.37. The van der Waals surface area contributed by atoms with Crippen molar-refractivity contribution < 1.29 is 9.90 Å². The summed E-state index contributed by atoms with van der Waals surface area (Å²) in [6.07, 6.45) is 2.31. The molecule has 0 unspecified atom stereocenters. The number of carbonyl (C=O) groups is 1. The zero-order valence-electron chi connectivity index (χ0n) is 15.1. The van der Waals surface area contributed by atoms with Crippen molar-refractivity contribution in [1.82, 2.24) is 14.8 Å². The standard InChI is InChI=1S/C22H19N3O2S/c1-2-11-24-21(27)18-12-16-15-5-3-4-6-17(15)23-19(16)20(25(18)22(24)28)13-7-9-14(26)10-8-13/h2-10,18,20,23,26H,1,11-12H2/t18-,20+/m1/s1. The average Bonchev–Trinajstić information content (AvgIpc) is 3.19. The quantitative estimate of drug-likeness (QED) is 0.532. The van der Waals surface area contributed by atoms with Crippen LogP contribution in [0.25, 0.3) is 10.9 Å². The molecule has 1 amide bonds. The summed E-state index contributed by atoms with van der Waals surface area (Å²) in [5.74, 6) is 0.228. The van der Waals surface area contributed by atoms with Crippen LogP contribution >= 0.6 is 12.2 Å². The number of phenolic OH excluding ortho intramolecular Hbond substituents is 1. The molecule has 1 saturated heterocycles. The molecular weight excluding hydrogens is 370 g/mol. The van der Waals surface area contributed by atoms with Crippen LogP contribution in [0.2, 0.25) is 0 Å². The minimum atomic E-state index is -0.335. The Labute approximate surface area is 167 Å². The molecule has 0 spiro atoms. The summed E-state index contributed by atoms with van der Waals surface area (Å²) in [7, 11) is 0. The highest BCUT2D eigenvalue weighted by molar-refractivity contribution is 7.80. The van der Waals surface area contributed by atoms with Gasteiger partial charge in [-0.2, -0.15) is 0 Å². The molecule has 28 heavy (non-hydrogen) atoms. The maximum Gasteiger partial charge on any atom is 0.252 e. The van der Waals surface area contributed by atoms with Crippen molar-refractivity contribution in [3.63, 3.8) is 0 Å². The zero-order chi connectivity index (χ0) is 19.4. The molecule has 3 aromatic rings. The highest BCUT2D eigenvalue weighted by atomic mass is 32.1. The predicted molar refractivity (Wildman–Crippen MR) is 112 cm³/mol. The van der Waals surface area contributed by atoms with Crippen LogP contribution in [-0.4, -0.2) is 43.5 Å². The zero-order valence-corrected chi connectivity index (χ0v) is 15.9. The van der Waals surface area contributed by atoms with Crippen molar-refractivity contribution >= 4 is 34.1 Å². The molecule has 0 saturated carbocycles. The highest BCUT2D eigenvalue weighted by Crippen LogP contribution is 2.44. The minimum Gasteiger partial charge on any atom is -0.508 e. The van der Waals surface area contributed by atoms with E-state index < -0.39 is 0 Å². The molecule has 2 atom stereocenters. The molecule has 2 aliphatic rings. The Kier molecular flexibility index (Phi) is 3.77. The molecule has 0 radical (unpaired) electrons. The molecule has 5 rings (SSSR count). The molecule has 0 bridgehead atoms. The van der Waals surface area contributed by atoms with Crippen molar-refractivity contribution in [2.24, 2.45) is 0 Å². The number of thiocarbonyl (C=S) groups is 1. The minimum absolute atomic E-state index is 0.0182. The molecule has 1 aromatic heterocycles. The Morgan fingerprint density at radius 3 is 2.71 bits per heavy atom. The molecule has 5 nitrogen and oxygen atoms in total. The van der Waals surface area contributed by atoms with Crippen LogP contribution in [0.3, 0.4) is 0 Å².